The molecule has 1 rings (SSSR count). The Morgan fingerprint density at radius 3 is 2.00 bits per heavy atom. The van der Waals surface area contributed by atoms with Crippen molar-refractivity contribution in [2.24, 2.45) is 0 Å². The van der Waals surface area contributed by atoms with Crippen LogP contribution in [0.1, 0.15) is 0 Å². The van der Waals surface area contributed by atoms with E-state index in [-0.39, 0.29) is 0 Å². The van der Waals surface area contributed by atoms with Crippen molar-refractivity contribution in [1.29, 1.82) is 0 Å². The topological polar surface area (TPSA) is 79.8 Å². The molecule has 1 heterocycles. The van der Waals surface area contributed by atoms with Crippen LogP contribution < -0.4 is 0 Å². The van der Waals surface area contributed by atoms with Crippen molar-refractivity contribution in [3.8, 4) is 0 Å². The lowest BCUT2D eigenvalue weighted by molar-refractivity contribution is 0.407. The largest absolute Gasteiger partial charge is 0.360 e. The van der Waals surface area contributed by atoms with Gasteiger partial charge in [-0.3, -0.25) is 0 Å². The third-order valence-electron chi connectivity index (χ3n) is 0.766. The highest BCUT2D eigenvalue weighted by Gasteiger charge is 2.13. The smallest absolute Gasteiger partial charge is 0.225 e. The van der Waals surface area contributed by atoms with Crippen LogP contribution in [0.25, 0.3) is 0 Å². The van der Waals surface area contributed by atoms with Crippen LogP contribution in [0.4, 0.5) is 0 Å². The van der Waals surface area contributed by atoms with Crippen molar-refractivity contribution in [1.82, 2.24) is 9.97 Å². The summed E-state index contributed by atoms with van der Waals surface area (Å²) in [4.78, 5) is 6.48. The summed E-state index contributed by atoms with van der Waals surface area (Å²) in [7, 11) is -4.48. The van der Waals surface area contributed by atoms with Gasteiger partial charge in [0.2, 0.25) is 0 Å². The van der Waals surface area contributed by atoms with Crippen LogP contribution in [-0.2, 0) is 14.7 Å². The lowest BCUT2D eigenvalue weighted by Gasteiger charge is -1.87. The van der Waals surface area contributed by atoms with Crippen LogP contribution in [0.5, 0.6) is 0 Å². The highest BCUT2D eigenvalue weighted by atomic mass is 32.2. The van der Waals surface area contributed by atoms with Crippen molar-refractivity contribution in [2.45, 2.75) is 5.16 Å². The number of aromatic nitrogens is 2. The molecule has 0 unspecified atom stereocenters. The van der Waals surface area contributed by atoms with Gasteiger partial charge in [-0.25, -0.2) is 9.97 Å². The maximum absolute atomic E-state index is 10.2. The normalized spacial score (nSPS) is 11.3. The summed E-state index contributed by atoms with van der Waals surface area (Å²) in [5, 5.41) is -0.685. The molecule has 0 saturated carbocycles. The van der Waals surface area contributed by atoms with E-state index in [2.05, 4.69) is 9.97 Å². The summed E-state index contributed by atoms with van der Waals surface area (Å²) < 4.78 is 30.5. The minimum atomic E-state index is -4.48. The predicted octanol–water partition coefficient (Wildman–Crippen LogP) is -0.404. The molecule has 53 valence electrons. The first-order valence-corrected chi connectivity index (χ1v) is 3.74. The van der Waals surface area contributed by atoms with E-state index < -0.39 is 15.3 Å². The maximum atomic E-state index is 10.2. The van der Waals surface area contributed by atoms with E-state index in [9.17, 15) is 13.0 Å². The molecule has 1 aromatic rings. The molecular weight excluding hydrogens is 156 g/mol. The van der Waals surface area contributed by atoms with Crippen molar-refractivity contribution in [2.75, 3.05) is 0 Å². The summed E-state index contributed by atoms with van der Waals surface area (Å²) in [5.41, 5.74) is 0. The monoisotopic (exact) mass is 159 g/mol. The molecule has 1 aromatic heterocycles. The highest BCUT2D eigenvalue weighted by molar-refractivity contribution is 7.85. The molecule has 0 bridgehead atoms. The fourth-order valence-corrected chi connectivity index (χ4v) is 0.794. The molecule has 0 aliphatic carbocycles. The van der Waals surface area contributed by atoms with Gasteiger partial charge < -0.3 is 0 Å². The maximum Gasteiger partial charge on any atom is 0.360 e. The van der Waals surface area contributed by atoms with Gasteiger partial charge in [0.25, 0.3) is 5.16 Å². The van der Waals surface area contributed by atoms with E-state index >= 15 is 0 Å². The second kappa shape index (κ2) is 2.31. The summed E-state index contributed by atoms with van der Waals surface area (Å²) in [6, 6.07) is 1.43. The van der Waals surface area contributed by atoms with Gasteiger partial charge in [-0.2, -0.15) is 8.42 Å². The van der Waals surface area contributed by atoms with Crippen LogP contribution >= 0.6 is 0 Å². The van der Waals surface area contributed by atoms with Crippen LogP contribution in [0.15, 0.2) is 23.6 Å². The Morgan fingerprint density at radius 2 is 1.70 bits per heavy atom. The number of hydrogen-bond acceptors (Lipinski definition) is 4. The zero-order chi connectivity index (χ0) is 7.61. The van der Waals surface area contributed by atoms with Crippen LogP contribution in [-0.4, -0.2) is 18.4 Å². The summed E-state index contributed by atoms with van der Waals surface area (Å²) in [6.45, 7) is 0. The Hall–Kier alpha value is -1.01. The summed E-state index contributed by atoms with van der Waals surface area (Å²) in [5.74, 6) is 0. The Kier molecular flexibility index (Phi) is 1.64. The van der Waals surface area contributed by atoms with E-state index in [1.54, 1.807) is 0 Å². The fourth-order valence-electron chi connectivity index (χ4n) is 0.415. The third kappa shape index (κ3) is 1.49. The Bertz CT molecular complexity index is 307. The van der Waals surface area contributed by atoms with Gasteiger partial charge in [0.1, 0.15) is 0 Å². The molecule has 1 radical (unpaired) electrons. The van der Waals surface area contributed by atoms with Crippen molar-refractivity contribution >= 4 is 10.1 Å². The molecule has 10 heavy (non-hydrogen) atoms. The zero-order valence-corrected chi connectivity index (χ0v) is 5.58. The molecule has 0 aliphatic rings. The molecule has 6 heteroatoms. The average Bonchev–Trinajstić information content (AvgIpc) is 1.88. The van der Waals surface area contributed by atoms with E-state index in [1.807, 2.05) is 0 Å². The molecule has 0 amide bonds. The van der Waals surface area contributed by atoms with E-state index in [4.69, 9.17) is 0 Å². The minimum Gasteiger partial charge on any atom is -0.225 e. The zero-order valence-electron chi connectivity index (χ0n) is 4.76. The van der Waals surface area contributed by atoms with E-state index in [0.29, 0.717) is 0 Å². The fraction of sp³-hybridized carbons (Fsp3) is 0. The molecule has 0 fully saturated rings. The van der Waals surface area contributed by atoms with Crippen LogP contribution in [0, 0.1) is 0 Å². The molecule has 0 aromatic carbocycles. The van der Waals surface area contributed by atoms with E-state index in [1.165, 1.54) is 18.5 Å². The lowest BCUT2D eigenvalue weighted by atomic mass is 10.7. The molecule has 0 atom stereocenters. The highest BCUT2D eigenvalue weighted by Crippen LogP contribution is 1.96. The second-order valence-electron chi connectivity index (χ2n) is 1.49. The molecule has 0 saturated heterocycles. The number of nitrogens with zero attached hydrogens (tertiary/aromatic N) is 2. The summed E-state index contributed by atoms with van der Waals surface area (Å²) in [6.07, 6.45) is 2.38. The molecule has 0 aliphatic heterocycles. The van der Waals surface area contributed by atoms with Gasteiger partial charge in [-0.15, -0.1) is 0 Å². The van der Waals surface area contributed by atoms with Crippen molar-refractivity contribution < 1.29 is 13.0 Å². The lowest BCUT2D eigenvalue weighted by Crippen LogP contribution is -2.01. The van der Waals surface area contributed by atoms with Gasteiger partial charge >= 0.3 is 10.1 Å². The Morgan fingerprint density at radius 1 is 1.20 bits per heavy atom. The quantitative estimate of drug-likeness (QED) is 0.522. The first-order chi connectivity index (χ1) is 4.61. The van der Waals surface area contributed by atoms with Crippen molar-refractivity contribution in [3.05, 3.63) is 18.5 Å². The average molecular weight is 159 g/mol. The van der Waals surface area contributed by atoms with Gasteiger partial charge in [0, 0.05) is 12.4 Å². The Labute approximate surface area is 57.5 Å². The molecule has 0 N–H and O–H groups in total. The SMILES string of the molecule is [O]S(=O)(=O)c1ncccn1. The van der Waals surface area contributed by atoms with Gasteiger partial charge in [-0.1, -0.05) is 4.55 Å². The van der Waals surface area contributed by atoms with Gasteiger partial charge in [0.05, 0.1) is 0 Å². The number of rotatable bonds is 1. The van der Waals surface area contributed by atoms with Crippen LogP contribution in [0.2, 0.25) is 0 Å². The van der Waals surface area contributed by atoms with Gasteiger partial charge in [0.15, 0.2) is 0 Å². The Balaban J connectivity index is 3.22. The predicted molar refractivity (Wildman–Crippen MR) is 29.9 cm³/mol. The van der Waals surface area contributed by atoms with Crippen molar-refractivity contribution in [3.63, 3.8) is 0 Å². The third-order valence-corrected chi connectivity index (χ3v) is 1.42. The first kappa shape index (κ1) is 7.10. The number of hydrogen-bond donors (Lipinski definition) is 0. The molecule has 0 spiro atoms. The molecular formula is C4H3N2O3S. The standard InChI is InChI=1S/C4H3N2O3S/c7-10(8,9)4-5-2-1-3-6-4/h1-3H. The first-order valence-electron chi connectivity index (χ1n) is 2.33. The second-order valence-corrected chi connectivity index (χ2v) is 2.76. The van der Waals surface area contributed by atoms with Crippen LogP contribution in [0.3, 0.4) is 0 Å². The summed E-state index contributed by atoms with van der Waals surface area (Å²) >= 11 is 0. The van der Waals surface area contributed by atoms with E-state index in [0.717, 1.165) is 0 Å². The van der Waals surface area contributed by atoms with Gasteiger partial charge in [-0.05, 0) is 6.07 Å². The minimum absolute atomic E-state index is 0.685. The molecule has 5 nitrogen and oxygen atoms in total.